The molecule has 0 saturated carbocycles. The summed E-state index contributed by atoms with van der Waals surface area (Å²) in [6, 6.07) is 8.27. The first-order chi connectivity index (χ1) is 13.1. The van der Waals surface area contributed by atoms with Gasteiger partial charge in [0.2, 0.25) is 5.91 Å². The van der Waals surface area contributed by atoms with Crippen molar-refractivity contribution in [2.24, 2.45) is 0 Å². The van der Waals surface area contributed by atoms with Crippen LogP contribution < -0.4 is 10.1 Å². The summed E-state index contributed by atoms with van der Waals surface area (Å²) in [7, 11) is 0. The molecule has 1 amide bonds. The Kier molecular flexibility index (Phi) is 7.24. The second-order valence-electron chi connectivity index (χ2n) is 7.30. The van der Waals surface area contributed by atoms with Crippen molar-refractivity contribution in [2.45, 2.75) is 58.2 Å². The maximum absolute atomic E-state index is 12.6. The number of benzene rings is 1. The smallest absolute Gasteiger partial charge is 0.234 e. The van der Waals surface area contributed by atoms with Crippen molar-refractivity contribution in [3.05, 3.63) is 46.4 Å². The van der Waals surface area contributed by atoms with Crippen LogP contribution in [0.3, 0.4) is 0 Å². The fourth-order valence-electron chi connectivity index (χ4n) is 3.48. The minimum absolute atomic E-state index is 0.0700. The van der Waals surface area contributed by atoms with Crippen molar-refractivity contribution in [1.82, 2.24) is 15.2 Å². The summed E-state index contributed by atoms with van der Waals surface area (Å²) < 4.78 is 6.24. The highest BCUT2D eigenvalue weighted by molar-refractivity contribution is 7.09. The lowest BCUT2D eigenvalue weighted by atomic mass is 10.1. The molecule has 1 aliphatic rings. The highest BCUT2D eigenvalue weighted by Gasteiger charge is 2.24. The monoisotopic (exact) mass is 387 g/mol. The maximum Gasteiger partial charge on any atom is 0.234 e. The maximum atomic E-state index is 12.6. The van der Waals surface area contributed by atoms with E-state index in [1.54, 1.807) is 11.3 Å². The minimum Gasteiger partial charge on any atom is -0.489 e. The van der Waals surface area contributed by atoms with Crippen LogP contribution in [0.5, 0.6) is 5.75 Å². The van der Waals surface area contributed by atoms with Crippen LogP contribution in [0.15, 0.2) is 36.0 Å². The van der Waals surface area contributed by atoms with Gasteiger partial charge in [-0.15, -0.1) is 11.3 Å². The van der Waals surface area contributed by atoms with Crippen LogP contribution in [-0.2, 0) is 17.8 Å². The summed E-state index contributed by atoms with van der Waals surface area (Å²) in [6.07, 6.45) is 6.13. The predicted octanol–water partition coefficient (Wildman–Crippen LogP) is 3.64. The number of hydrogen-bond donors (Lipinski definition) is 1. The highest BCUT2D eigenvalue weighted by Crippen LogP contribution is 2.26. The molecule has 6 heteroatoms. The molecule has 2 heterocycles. The summed E-state index contributed by atoms with van der Waals surface area (Å²) in [5, 5.41) is 3.13. The van der Waals surface area contributed by atoms with Crippen LogP contribution in [0.25, 0.3) is 0 Å². The van der Waals surface area contributed by atoms with Gasteiger partial charge in [0, 0.05) is 42.2 Å². The van der Waals surface area contributed by atoms with Crippen LogP contribution in [0, 0.1) is 0 Å². The van der Waals surface area contributed by atoms with E-state index in [9.17, 15) is 4.79 Å². The zero-order chi connectivity index (χ0) is 19.1. The largest absolute Gasteiger partial charge is 0.489 e. The Morgan fingerprint density at radius 1 is 1.44 bits per heavy atom. The van der Waals surface area contributed by atoms with Gasteiger partial charge in [0.15, 0.2) is 0 Å². The molecule has 1 aliphatic heterocycles. The summed E-state index contributed by atoms with van der Waals surface area (Å²) in [5.41, 5.74) is 2.98. The SMILES string of the molecule is CCCCC1CN(CC(=O)NC(C)Cc2cncs2)Cc2ccccc2O1. The number of hydrogen-bond acceptors (Lipinski definition) is 5. The van der Waals surface area contributed by atoms with Gasteiger partial charge < -0.3 is 10.1 Å². The number of carbonyl (C=O) groups excluding carboxylic acids is 1. The third kappa shape index (κ3) is 6.04. The van der Waals surface area contributed by atoms with Gasteiger partial charge in [-0.3, -0.25) is 14.7 Å². The van der Waals surface area contributed by atoms with Gasteiger partial charge in [-0.25, -0.2) is 0 Å². The third-order valence-electron chi connectivity index (χ3n) is 4.77. The Balaban J connectivity index is 1.59. The van der Waals surface area contributed by atoms with Gasteiger partial charge in [-0.2, -0.15) is 0 Å². The molecule has 5 nitrogen and oxygen atoms in total. The molecule has 0 bridgehead atoms. The van der Waals surface area contributed by atoms with Crippen LogP contribution in [0.4, 0.5) is 0 Å². The fraction of sp³-hybridized carbons (Fsp3) is 0.524. The second-order valence-corrected chi connectivity index (χ2v) is 8.27. The van der Waals surface area contributed by atoms with Crippen molar-refractivity contribution in [3.8, 4) is 5.75 Å². The number of amides is 1. The number of para-hydroxylation sites is 1. The number of ether oxygens (including phenoxy) is 1. The number of nitrogens with zero attached hydrogens (tertiary/aromatic N) is 2. The van der Waals surface area contributed by atoms with Gasteiger partial charge in [-0.1, -0.05) is 31.5 Å². The lowest BCUT2D eigenvalue weighted by Crippen LogP contribution is -2.43. The van der Waals surface area contributed by atoms with Crippen molar-refractivity contribution < 1.29 is 9.53 Å². The Hall–Kier alpha value is -1.92. The van der Waals surface area contributed by atoms with E-state index in [4.69, 9.17) is 4.74 Å². The van der Waals surface area contributed by atoms with Gasteiger partial charge in [-0.05, 0) is 25.8 Å². The van der Waals surface area contributed by atoms with E-state index in [0.29, 0.717) is 6.54 Å². The molecule has 146 valence electrons. The summed E-state index contributed by atoms with van der Waals surface area (Å²) in [6.45, 7) is 6.16. The molecule has 1 aromatic heterocycles. The molecule has 0 radical (unpaired) electrons. The van der Waals surface area contributed by atoms with Gasteiger partial charge in [0.25, 0.3) is 0 Å². The quantitative estimate of drug-likeness (QED) is 0.751. The average molecular weight is 388 g/mol. The molecule has 1 N–H and O–H groups in total. The number of unbranched alkanes of at least 4 members (excludes halogenated alkanes) is 1. The Morgan fingerprint density at radius 2 is 2.30 bits per heavy atom. The van der Waals surface area contributed by atoms with Crippen molar-refractivity contribution >= 4 is 17.2 Å². The van der Waals surface area contributed by atoms with E-state index in [1.807, 2.05) is 36.8 Å². The minimum atomic E-state index is 0.0700. The predicted molar refractivity (Wildman–Crippen MR) is 109 cm³/mol. The first-order valence-corrected chi connectivity index (χ1v) is 10.7. The van der Waals surface area contributed by atoms with Gasteiger partial charge in [0.05, 0.1) is 12.1 Å². The first kappa shape index (κ1) is 19.8. The zero-order valence-corrected chi connectivity index (χ0v) is 17.0. The molecule has 0 aliphatic carbocycles. The van der Waals surface area contributed by atoms with E-state index in [0.717, 1.165) is 50.1 Å². The van der Waals surface area contributed by atoms with Gasteiger partial charge >= 0.3 is 0 Å². The van der Waals surface area contributed by atoms with Crippen LogP contribution in [0.1, 0.15) is 43.6 Å². The second kappa shape index (κ2) is 9.85. The molecule has 0 spiro atoms. The molecule has 27 heavy (non-hydrogen) atoms. The summed E-state index contributed by atoms with van der Waals surface area (Å²) in [4.78, 5) is 20.1. The summed E-state index contributed by atoms with van der Waals surface area (Å²) >= 11 is 1.63. The number of fused-ring (bicyclic) bond motifs is 1. The van der Waals surface area contributed by atoms with Gasteiger partial charge in [0.1, 0.15) is 11.9 Å². The number of nitrogens with one attached hydrogen (secondary N) is 1. The zero-order valence-electron chi connectivity index (χ0n) is 16.2. The fourth-order valence-corrected chi connectivity index (χ4v) is 4.21. The van der Waals surface area contributed by atoms with Crippen LogP contribution >= 0.6 is 11.3 Å². The van der Waals surface area contributed by atoms with E-state index in [1.165, 1.54) is 4.88 Å². The molecule has 0 saturated heterocycles. The van der Waals surface area contributed by atoms with E-state index < -0.39 is 0 Å². The lowest BCUT2D eigenvalue weighted by molar-refractivity contribution is -0.123. The molecule has 3 rings (SSSR count). The normalized spacial score (nSPS) is 18.2. The van der Waals surface area contributed by atoms with Crippen molar-refractivity contribution in [2.75, 3.05) is 13.1 Å². The Bertz CT molecular complexity index is 720. The first-order valence-electron chi connectivity index (χ1n) is 9.77. The third-order valence-corrected chi connectivity index (χ3v) is 5.57. The molecule has 2 atom stereocenters. The Labute approximate surface area is 165 Å². The van der Waals surface area contributed by atoms with Crippen LogP contribution in [-0.4, -0.2) is 41.0 Å². The molecule has 2 aromatic rings. The topological polar surface area (TPSA) is 54.5 Å². The molecule has 1 aromatic carbocycles. The number of thiazole rings is 1. The molecule has 0 fully saturated rings. The average Bonchev–Trinajstić information content (AvgIpc) is 3.06. The van der Waals surface area contributed by atoms with E-state index >= 15 is 0 Å². The molecular formula is C21H29N3O2S. The van der Waals surface area contributed by atoms with Crippen molar-refractivity contribution in [1.29, 1.82) is 0 Å². The van der Waals surface area contributed by atoms with E-state index in [2.05, 4.69) is 28.2 Å². The molecular weight excluding hydrogens is 358 g/mol. The van der Waals surface area contributed by atoms with Crippen LogP contribution in [0.2, 0.25) is 0 Å². The number of aromatic nitrogens is 1. The number of carbonyl (C=O) groups is 1. The lowest BCUT2D eigenvalue weighted by Gasteiger charge is -2.24. The molecule has 2 unspecified atom stereocenters. The standard InChI is InChI=1S/C21H29N3O2S/c1-3-4-8-18-13-24(12-17-7-5-6-9-20(17)26-18)14-21(25)23-16(2)10-19-11-22-15-27-19/h5-7,9,11,15-16,18H,3-4,8,10,12-14H2,1-2H3,(H,23,25). The summed E-state index contributed by atoms with van der Waals surface area (Å²) in [5.74, 6) is 1.03. The number of rotatable bonds is 8. The van der Waals surface area contributed by atoms with E-state index in [-0.39, 0.29) is 18.1 Å². The Morgan fingerprint density at radius 3 is 3.07 bits per heavy atom. The van der Waals surface area contributed by atoms with Crippen molar-refractivity contribution in [3.63, 3.8) is 0 Å². The highest BCUT2D eigenvalue weighted by atomic mass is 32.1.